The second-order valence-electron chi connectivity index (χ2n) is 4.21. The highest BCUT2D eigenvalue weighted by molar-refractivity contribution is 5.72. The van der Waals surface area contributed by atoms with Crippen LogP contribution in [0.15, 0.2) is 11.6 Å². The molecular formula is C14H26O. The predicted octanol–water partition coefficient (Wildman–Crippen LogP) is 4.66. The smallest absolute Gasteiger partial charge is 0.145 e. The molecule has 0 aliphatic carbocycles. The van der Waals surface area contributed by atoms with E-state index in [1.54, 1.807) is 0 Å². The maximum Gasteiger partial charge on any atom is 0.145 e. The van der Waals surface area contributed by atoms with Crippen LogP contribution in [0.1, 0.15) is 71.6 Å². The summed E-state index contributed by atoms with van der Waals surface area (Å²) in [5.41, 5.74) is 0.959. The Morgan fingerprint density at radius 3 is 1.93 bits per heavy atom. The van der Waals surface area contributed by atoms with E-state index in [1.807, 2.05) is 13.0 Å². The Hall–Kier alpha value is -0.590. The normalized spacial score (nSPS) is 11.7. The van der Waals surface area contributed by atoms with E-state index in [-0.39, 0.29) is 0 Å². The zero-order chi connectivity index (χ0) is 11.4. The lowest BCUT2D eigenvalue weighted by Gasteiger charge is -2.01. The van der Waals surface area contributed by atoms with Crippen molar-refractivity contribution in [1.82, 2.24) is 0 Å². The summed E-state index contributed by atoms with van der Waals surface area (Å²) in [5, 5.41) is 0. The Balaban J connectivity index is 3.14. The van der Waals surface area contributed by atoms with Crippen molar-refractivity contribution in [2.75, 3.05) is 0 Å². The molecule has 0 saturated carbocycles. The van der Waals surface area contributed by atoms with Gasteiger partial charge in [0.25, 0.3) is 0 Å². The van der Waals surface area contributed by atoms with Crippen LogP contribution in [-0.2, 0) is 4.79 Å². The molecular weight excluding hydrogens is 184 g/mol. The summed E-state index contributed by atoms with van der Waals surface area (Å²) in [6.45, 7) is 4.19. The van der Waals surface area contributed by atoms with E-state index in [4.69, 9.17) is 0 Å². The molecule has 0 aromatic heterocycles. The van der Waals surface area contributed by atoms with Crippen LogP contribution >= 0.6 is 0 Å². The van der Waals surface area contributed by atoms with Crippen LogP contribution in [0, 0.1) is 0 Å². The first kappa shape index (κ1) is 14.4. The molecule has 0 aliphatic heterocycles. The van der Waals surface area contributed by atoms with Crippen molar-refractivity contribution in [3.05, 3.63) is 11.6 Å². The molecule has 0 heterocycles. The SMILES string of the molecule is C/C=C(\C=O)CCCCCCCCCC. The lowest BCUT2D eigenvalue weighted by Crippen LogP contribution is -1.86. The Bertz CT molecular complexity index is 170. The number of aldehydes is 1. The van der Waals surface area contributed by atoms with Gasteiger partial charge in [-0.2, -0.15) is 0 Å². The molecule has 0 aliphatic rings. The average Bonchev–Trinajstić information content (AvgIpc) is 2.27. The molecule has 15 heavy (non-hydrogen) atoms. The molecule has 0 N–H and O–H groups in total. The fraction of sp³-hybridized carbons (Fsp3) is 0.786. The summed E-state index contributed by atoms with van der Waals surface area (Å²) in [4.78, 5) is 10.5. The molecule has 0 bridgehead atoms. The minimum atomic E-state index is 0.959. The first-order valence-corrected chi connectivity index (χ1v) is 6.45. The molecule has 0 atom stereocenters. The Morgan fingerprint density at radius 1 is 0.933 bits per heavy atom. The maximum absolute atomic E-state index is 10.5. The molecule has 0 saturated heterocycles. The molecule has 1 heteroatoms. The molecule has 0 unspecified atom stereocenters. The molecule has 0 aromatic rings. The standard InChI is InChI=1S/C14H26O/c1-3-5-6-7-8-9-10-11-12-14(4-2)13-15/h4,13H,3,5-12H2,1-2H3/b14-4-. The van der Waals surface area contributed by atoms with E-state index in [0.717, 1.165) is 18.3 Å². The fourth-order valence-electron chi connectivity index (χ4n) is 1.73. The number of hydrogen-bond donors (Lipinski definition) is 0. The van der Waals surface area contributed by atoms with E-state index in [9.17, 15) is 4.79 Å². The van der Waals surface area contributed by atoms with E-state index in [1.165, 1.54) is 51.4 Å². The first-order valence-electron chi connectivity index (χ1n) is 6.45. The summed E-state index contributed by atoms with van der Waals surface area (Å²) in [7, 11) is 0. The number of unbranched alkanes of at least 4 members (excludes halogenated alkanes) is 7. The highest BCUT2D eigenvalue weighted by Gasteiger charge is 1.94. The Morgan fingerprint density at radius 2 is 1.47 bits per heavy atom. The molecule has 88 valence electrons. The van der Waals surface area contributed by atoms with Crippen LogP contribution in [0.4, 0.5) is 0 Å². The largest absolute Gasteiger partial charge is 0.298 e. The quantitative estimate of drug-likeness (QED) is 0.291. The monoisotopic (exact) mass is 210 g/mol. The number of carbonyl (C=O) groups excluding carboxylic acids is 1. The zero-order valence-corrected chi connectivity index (χ0v) is 10.4. The molecule has 0 radical (unpaired) electrons. The van der Waals surface area contributed by atoms with Gasteiger partial charge in [-0.15, -0.1) is 0 Å². The van der Waals surface area contributed by atoms with Gasteiger partial charge in [-0.1, -0.05) is 57.9 Å². The van der Waals surface area contributed by atoms with Crippen molar-refractivity contribution >= 4 is 6.29 Å². The fourth-order valence-corrected chi connectivity index (χ4v) is 1.73. The van der Waals surface area contributed by atoms with Crippen molar-refractivity contribution < 1.29 is 4.79 Å². The van der Waals surface area contributed by atoms with Gasteiger partial charge in [-0.05, 0) is 25.3 Å². The van der Waals surface area contributed by atoms with Crippen LogP contribution < -0.4 is 0 Å². The third-order valence-corrected chi connectivity index (χ3v) is 2.84. The maximum atomic E-state index is 10.5. The van der Waals surface area contributed by atoms with Crippen molar-refractivity contribution in [2.24, 2.45) is 0 Å². The van der Waals surface area contributed by atoms with Crippen LogP contribution in [0.2, 0.25) is 0 Å². The number of hydrogen-bond acceptors (Lipinski definition) is 1. The average molecular weight is 210 g/mol. The van der Waals surface area contributed by atoms with Gasteiger partial charge in [0.2, 0.25) is 0 Å². The minimum Gasteiger partial charge on any atom is -0.298 e. The lowest BCUT2D eigenvalue weighted by atomic mass is 10.0. The Kier molecular flexibility index (Phi) is 11.0. The first-order chi connectivity index (χ1) is 7.35. The highest BCUT2D eigenvalue weighted by Crippen LogP contribution is 2.11. The molecule has 0 spiro atoms. The van der Waals surface area contributed by atoms with Crippen molar-refractivity contribution in [1.29, 1.82) is 0 Å². The molecule has 0 aromatic carbocycles. The van der Waals surface area contributed by atoms with Crippen molar-refractivity contribution in [3.63, 3.8) is 0 Å². The van der Waals surface area contributed by atoms with Gasteiger partial charge >= 0.3 is 0 Å². The van der Waals surface area contributed by atoms with E-state index < -0.39 is 0 Å². The van der Waals surface area contributed by atoms with Gasteiger partial charge in [0.05, 0.1) is 0 Å². The topological polar surface area (TPSA) is 17.1 Å². The second kappa shape index (κ2) is 11.5. The zero-order valence-electron chi connectivity index (χ0n) is 10.4. The van der Waals surface area contributed by atoms with Gasteiger partial charge in [0.15, 0.2) is 0 Å². The van der Waals surface area contributed by atoms with Gasteiger partial charge < -0.3 is 0 Å². The van der Waals surface area contributed by atoms with Crippen LogP contribution in [-0.4, -0.2) is 6.29 Å². The molecule has 0 rings (SSSR count). The summed E-state index contributed by atoms with van der Waals surface area (Å²) in [6, 6.07) is 0. The summed E-state index contributed by atoms with van der Waals surface area (Å²) in [6.07, 6.45) is 14.5. The van der Waals surface area contributed by atoms with Crippen LogP contribution in [0.25, 0.3) is 0 Å². The Labute approximate surface area is 95.0 Å². The van der Waals surface area contributed by atoms with Crippen LogP contribution in [0.5, 0.6) is 0 Å². The van der Waals surface area contributed by atoms with Crippen LogP contribution in [0.3, 0.4) is 0 Å². The summed E-state index contributed by atoms with van der Waals surface area (Å²) in [5.74, 6) is 0. The second-order valence-corrected chi connectivity index (χ2v) is 4.21. The van der Waals surface area contributed by atoms with Gasteiger partial charge in [0, 0.05) is 0 Å². The van der Waals surface area contributed by atoms with Gasteiger partial charge in [-0.25, -0.2) is 0 Å². The number of rotatable bonds is 10. The van der Waals surface area contributed by atoms with E-state index in [0.29, 0.717) is 0 Å². The molecule has 0 amide bonds. The highest BCUT2D eigenvalue weighted by atomic mass is 16.1. The third-order valence-electron chi connectivity index (χ3n) is 2.84. The minimum absolute atomic E-state index is 0.959. The van der Waals surface area contributed by atoms with E-state index >= 15 is 0 Å². The number of carbonyl (C=O) groups is 1. The predicted molar refractivity (Wildman–Crippen MR) is 67.0 cm³/mol. The van der Waals surface area contributed by atoms with E-state index in [2.05, 4.69) is 6.92 Å². The van der Waals surface area contributed by atoms with Gasteiger partial charge in [-0.3, -0.25) is 4.79 Å². The summed E-state index contributed by atoms with van der Waals surface area (Å²) >= 11 is 0. The van der Waals surface area contributed by atoms with Crippen molar-refractivity contribution in [2.45, 2.75) is 71.6 Å². The van der Waals surface area contributed by atoms with Crippen molar-refractivity contribution in [3.8, 4) is 0 Å². The third kappa shape index (κ3) is 9.71. The van der Waals surface area contributed by atoms with Gasteiger partial charge in [0.1, 0.15) is 6.29 Å². The molecule has 0 fully saturated rings. The lowest BCUT2D eigenvalue weighted by molar-refractivity contribution is -0.105. The molecule has 1 nitrogen and oxygen atoms in total. The number of allylic oxidation sites excluding steroid dienone is 2. The summed E-state index contributed by atoms with van der Waals surface area (Å²) < 4.78 is 0.